The van der Waals surface area contributed by atoms with Crippen molar-refractivity contribution >= 4 is 45.2 Å². The number of fused-ring (bicyclic) bond motifs is 3. The number of aromatic nitrogens is 3. The normalized spacial score (nSPS) is 11.1. The van der Waals surface area contributed by atoms with Crippen LogP contribution < -0.4 is 5.32 Å². The number of thioether (sulfide) groups is 1. The van der Waals surface area contributed by atoms with Crippen LogP contribution in [0.4, 0.5) is 5.69 Å². The number of benzene rings is 2. The number of hydrogen-bond acceptors (Lipinski definition) is 4. The molecule has 1 amide bonds. The van der Waals surface area contributed by atoms with Gasteiger partial charge in [-0.25, -0.2) is 9.97 Å². The van der Waals surface area contributed by atoms with Gasteiger partial charge in [-0.05, 0) is 37.3 Å². The van der Waals surface area contributed by atoms with Gasteiger partial charge in [0.05, 0.1) is 0 Å². The predicted octanol–water partition coefficient (Wildman–Crippen LogP) is 4.73. The first-order chi connectivity index (χ1) is 13.3. The lowest BCUT2D eigenvalue weighted by Crippen LogP contribution is -2.12. The highest BCUT2D eigenvalue weighted by molar-refractivity contribution is 7.99. The Bertz CT molecular complexity index is 1090. The molecule has 2 aromatic carbocycles. The average Bonchev–Trinajstić information content (AvgIpc) is 3.02. The minimum Gasteiger partial charge on any atom is -0.341 e. The van der Waals surface area contributed by atoms with Gasteiger partial charge >= 0.3 is 0 Å². The number of anilines is 1. The molecule has 0 aliphatic heterocycles. The Morgan fingerprint density at radius 1 is 1.04 bits per heavy atom. The smallest absolute Gasteiger partial charge is 0.225 e. The van der Waals surface area contributed by atoms with Crippen LogP contribution in [0.5, 0.6) is 0 Å². The molecule has 0 saturated heterocycles. The van der Waals surface area contributed by atoms with Crippen LogP contribution in [-0.4, -0.2) is 26.2 Å². The summed E-state index contributed by atoms with van der Waals surface area (Å²) in [6.07, 6.45) is 3.83. The molecule has 0 radical (unpaired) electrons. The Morgan fingerprint density at radius 2 is 1.81 bits per heavy atom. The molecule has 0 bridgehead atoms. The van der Waals surface area contributed by atoms with Gasteiger partial charge in [0.1, 0.15) is 0 Å². The van der Waals surface area contributed by atoms with Gasteiger partial charge in [0.25, 0.3) is 0 Å². The molecule has 0 fully saturated rings. The van der Waals surface area contributed by atoms with Gasteiger partial charge in [-0.2, -0.15) is 0 Å². The van der Waals surface area contributed by atoms with Crippen LogP contribution in [0.3, 0.4) is 0 Å². The van der Waals surface area contributed by atoms with E-state index in [1.54, 1.807) is 18.5 Å². The molecule has 2 aromatic heterocycles. The van der Waals surface area contributed by atoms with Crippen molar-refractivity contribution in [3.63, 3.8) is 0 Å². The molecule has 0 aliphatic carbocycles. The second-order valence-corrected chi connectivity index (χ2v) is 7.23. The molecule has 4 aromatic rings. The largest absolute Gasteiger partial charge is 0.341 e. The summed E-state index contributed by atoms with van der Waals surface area (Å²) < 4.78 is 2.30. The highest BCUT2D eigenvalue weighted by Gasteiger charge is 2.11. The Hall–Kier alpha value is -2.86. The van der Waals surface area contributed by atoms with Gasteiger partial charge in [0, 0.05) is 58.6 Å². The van der Waals surface area contributed by atoms with Crippen molar-refractivity contribution in [1.29, 1.82) is 0 Å². The summed E-state index contributed by atoms with van der Waals surface area (Å²) in [6.45, 7) is 3.06. The Balaban J connectivity index is 1.49. The minimum atomic E-state index is -0.00277. The highest BCUT2D eigenvalue weighted by Crippen LogP contribution is 2.31. The van der Waals surface area contributed by atoms with E-state index in [1.807, 2.05) is 6.07 Å². The fraction of sp³-hybridized carbons (Fsp3) is 0.190. The fourth-order valence-corrected chi connectivity index (χ4v) is 4.03. The standard InChI is InChI=1S/C21H20N4OS/c1-2-25-18-7-4-3-6-16(18)17-14-15(8-9-19(17)25)24-20(26)10-13-27-21-22-11-5-12-23-21/h3-9,11-12,14H,2,10,13H2,1H3,(H,24,26). The molecule has 6 heteroatoms. The predicted molar refractivity (Wildman–Crippen MR) is 111 cm³/mol. The summed E-state index contributed by atoms with van der Waals surface area (Å²) in [5, 5.41) is 6.08. The van der Waals surface area contributed by atoms with E-state index in [2.05, 4.69) is 63.2 Å². The van der Waals surface area contributed by atoms with E-state index in [-0.39, 0.29) is 5.91 Å². The second-order valence-electron chi connectivity index (χ2n) is 6.17. The first kappa shape index (κ1) is 17.5. The average molecular weight is 376 g/mol. The lowest BCUT2D eigenvalue weighted by atomic mass is 10.1. The number of nitrogens with one attached hydrogen (secondary N) is 1. The maximum Gasteiger partial charge on any atom is 0.225 e. The van der Waals surface area contributed by atoms with Crippen molar-refractivity contribution in [2.45, 2.75) is 25.0 Å². The van der Waals surface area contributed by atoms with Crippen LogP contribution in [0.15, 0.2) is 66.1 Å². The number of para-hydroxylation sites is 1. The van der Waals surface area contributed by atoms with Crippen molar-refractivity contribution < 1.29 is 4.79 Å². The summed E-state index contributed by atoms with van der Waals surface area (Å²) >= 11 is 1.48. The van der Waals surface area contributed by atoms with E-state index in [9.17, 15) is 4.79 Å². The zero-order chi connectivity index (χ0) is 18.6. The quantitative estimate of drug-likeness (QED) is 0.390. The molecule has 4 rings (SSSR count). The highest BCUT2D eigenvalue weighted by atomic mass is 32.2. The lowest BCUT2D eigenvalue weighted by Gasteiger charge is -2.06. The molecule has 0 aliphatic rings. The Morgan fingerprint density at radius 3 is 2.63 bits per heavy atom. The van der Waals surface area contributed by atoms with Crippen LogP contribution in [0.1, 0.15) is 13.3 Å². The minimum absolute atomic E-state index is 0.00277. The van der Waals surface area contributed by atoms with Gasteiger partial charge in [0.15, 0.2) is 5.16 Å². The summed E-state index contributed by atoms with van der Waals surface area (Å²) in [5.41, 5.74) is 3.23. The first-order valence-corrected chi connectivity index (χ1v) is 9.95. The summed E-state index contributed by atoms with van der Waals surface area (Å²) in [4.78, 5) is 20.6. The van der Waals surface area contributed by atoms with Crippen molar-refractivity contribution in [2.24, 2.45) is 0 Å². The molecule has 136 valence electrons. The first-order valence-electron chi connectivity index (χ1n) is 8.97. The van der Waals surface area contributed by atoms with Gasteiger partial charge in [-0.15, -0.1) is 0 Å². The number of rotatable bonds is 6. The van der Waals surface area contributed by atoms with Crippen LogP contribution >= 0.6 is 11.8 Å². The van der Waals surface area contributed by atoms with Crippen LogP contribution in [-0.2, 0) is 11.3 Å². The van der Waals surface area contributed by atoms with Gasteiger partial charge in [0.2, 0.25) is 5.91 Å². The van der Waals surface area contributed by atoms with E-state index in [0.29, 0.717) is 17.3 Å². The van der Waals surface area contributed by atoms with Crippen molar-refractivity contribution in [3.8, 4) is 0 Å². The zero-order valence-corrected chi connectivity index (χ0v) is 15.9. The van der Waals surface area contributed by atoms with Crippen molar-refractivity contribution in [1.82, 2.24) is 14.5 Å². The lowest BCUT2D eigenvalue weighted by molar-refractivity contribution is -0.115. The molecule has 0 saturated carbocycles. The SMILES string of the molecule is CCn1c2ccccc2c2cc(NC(=O)CCSc3ncccn3)ccc21. The number of amides is 1. The third-order valence-electron chi connectivity index (χ3n) is 4.47. The van der Waals surface area contributed by atoms with Gasteiger partial charge in [-0.1, -0.05) is 30.0 Å². The van der Waals surface area contributed by atoms with Crippen molar-refractivity contribution in [3.05, 3.63) is 60.9 Å². The van der Waals surface area contributed by atoms with Gasteiger partial charge in [-0.3, -0.25) is 4.79 Å². The second kappa shape index (κ2) is 7.80. The third-order valence-corrected chi connectivity index (χ3v) is 5.35. The molecule has 2 heterocycles. The fourth-order valence-electron chi connectivity index (χ4n) is 3.29. The van der Waals surface area contributed by atoms with Crippen LogP contribution in [0.25, 0.3) is 21.8 Å². The van der Waals surface area contributed by atoms with E-state index >= 15 is 0 Å². The van der Waals surface area contributed by atoms with E-state index in [4.69, 9.17) is 0 Å². The number of hydrogen-bond donors (Lipinski definition) is 1. The summed E-state index contributed by atoms with van der Waals surface area (Å²) in [6, 6.07) is 16.3. The van der Waals surface area contributed by atoms with Gasteiger partial charge < -0.3 is 9.88 Å². The maximum atomic E-state index is 12.3. The molecule has 0 spiro atoms. The Labute approximate surface area is 161 Å². The number of nitrogens with zero attached hydrogens (tertiary/aromatic N) is 3. The number of carbonyl (C=O) groups excluding carboxylic acids is 1. The van der Waals surface area contributed by atoms with Crippen molar-refractivity contribution in [2.75, 3.05) is 11.1 Å². The third kappa shape index (κ3) is 3.66. The van der Waals surface area contributed by atoms with Crippen LogP contribution in [0.2, 0.25) is 0 Å². The number of aryl methyl sites for hydroxylation is 1. The molecule has 5 nitrogen and oxygen atoms in total. The molecule has 0 atom stereocenters. The number of carbonyl (C=O) groups is 1. The summed E-state index contributed by atoms with van der Waals surface area (Å²) in [5.74, 6) is 0.643. The molecule has 1 N–H and O–H groups in total. The zero-order valence-electron chi connectivity index (χ0n) is 15.1. The topological polar surface area (TPSA) is 59.8 Å². The summed E-state index contributed by atoms with van der Waals surface area (Å²) in [7, 11) is 0. The van der Waals surface area contributed by atoms with E-state index in [1.165, 1.54) is 28.2 Å². The maximum absolute atomic E-state index is 12.3. The Kier molecular flexibility index (Phi) is 5.07. The van der Waals surface area contributed by atoms with E-state index in [0.717, 1.165) is 17.6 Å². The molecular formula is C21H20N4OS. The molecule has 0 unspecified atom stereocenters. The molecule has 27 heavy (non-hydrogen) atoms. The molecular weight excluding hydrogens is 356 g/mol. The monoisotopic (exact) mass is 376 g/mol. The van der Waals surface area contributed by atoms with Crippen LogP contribution in [0, 0.1) is 0 Å². The van der Waals surface area contributed by atoms with E-state index < -0.39 is 0 Å².